The van der Waals surface area contributed by atoms with Gasteiger partial charge in [0, 0.05) is 4.90 Å². The first-order valence-corrected chi connectivity index (χ1v) is 6.52. The van der Waals surface area contributed by atoms with Crippen molar-refractivity contribution in [3.63, 3.8) is 0 Å². The molecule has 0 N–H and O–H groups in total. The van der Waals surface area contributed by atoms with E-state index in [9.17, 15) is 26.3 Å². The van der Waals surface area contributed by atoms with Gasteiger partial charge in [0.1, 0.15) is 0 Å². The third-order valence-corrected chi connectivity index (χ3v) is 3.44. The van der Waals surface area contributed by atoms with E-state index in [0.717, 1.165) is 0 Å². The van der Waals surface area contributed by atoms with E-state index in [1.165, 1.54) is 12.1 Å². The van der Waals surface area contributed by atoms with E-state index in [0.29, 0.717) is 22.6 Å². The number of benzene rings is 2. The first-order valence-electron chi connectivity index (χ1n) is 6.08. The minimum absolute atomic E-state index is 0.109. The van der Waals surface area contributed by atoms with Crippen molar-refractivity contribution in [3.05, 3.63) is 53.1 Å². The molecule has 0 bridgehead atoms. The van der Waals surface area contributed by atoms with Crippen molar-refractivity contribution >= 4 is 12.6 Å². The maximum Gasteiger partial charge on any atom is 0.416 e. The van der Waals surface area contributed by atoms with Crippen molar-refractivity contribution in [1.82, 2.24) is 0 Å². The lowest BCUT2D eigenvalue weighted by molar-refractivity contribution is -0.143. The predicted molar refractivity (Wildman–Crippen MR) is 73.9 cm³/mol. The molecule has 0 heterocycles. The topological polar surface area (TPSA) is 0 Å². The van der Waals surface area contributed by atoms with Crippen LogP contribution < -0.4 is 0 Å². The summed E-state index contributed by atoms with van der Waals surface area (Å²) in [5, 5.41) is 0. The second kappa shape index (κ2) is 5.53. The van der Waals surface area contributed by atoms with Crippen molar-refractivity contribution in [3.8, 4) is 11.1 Å². The van der Waals surface area contributed by atoms with Crippen LogP contribution >= 0.6 is 12.6 Å². The summed E-state index contributed by atoms with van der Waals surface area (Å²) < 4.78 is 77.1. The first-order chi connectivity index (χ1) is 9.98. The van der Waals surface area contributed by atoms with Crippen LogP contribution in [0.2, 0.25) is 0 Å². The maximum absolute atomic E-state index is 12.8. The van der Waals surface area contributed by atoms with E-state index < -0.39 is 23.5 Å². The number of halogens is 6. The fraction of sp³-hybridized carbons (Fsp3) is 0.200. The third kappa shape index (κ3) is 3.58. The molecule has 2 aromatic carbocycles. The summed E-state index contributed by atoms with van der Waals surface area (Å²) in [6, 6.07) is 6.20. The zero-order chi connectivity index (χ0) is 16.7. The van der Waals surface area contributed by atoms with Crippen LogP contribution in [-0.2, 0) is 12.4 Å². The van der Waals surface area contributed by atoms with E-state index in [4.69, 9.17) is 0 Å². The summed E-state index contributed by atoms with van der Waals surface area (Å²) in [6.45, 7) is 1.69. The van der Waals surface area contributed by atoms with Gasteiger partial charge in [-0.15, -0.1) is 12.6 Å². The lowest BCUT2D eigenvalue weighted by Crippen LogP contribution is -2.11. The molecule has 22 heavy (non-hydrogen) atoms. The number of alkyl halides is 6. The minimum Gasteiger partial charge on any atom is -0.166 e. The van der Waals surface area contributed by atoms with Crippen molar-refractivity contribution in [2.75, 3.05) is 0 Å². The zero-order valence-electron chi connectivity index (χ0n) is 11.2. The predicted octanol–water partition coefficient (Wildman–Crippen LogP) is 5.99. The number of aryl methyl sites for hydroxylation is 1. The maximum atomic E-state index is 12.8. The molecular formula is C15H10F6S. The highest BCUT2D eigenvalue weighted by molar-refractivity contribution is 7.80. The molecule has 0 fully saturated rings. The van der Waals surface area contributed by atoms with Crippen molar-refractivity contribution in [1.29, 1.82) is 0 Å². The van der Waals surface area contributed by atoms with E-state index in [1.54, 1.807) is 13.0 Å². The zero-order valence-corrected chi connectivity index (χ0v) is 12.1. The van der Waals surface area contributed by atoms with Crippen molar-refractivity contribution < 1.29 is 26.3 Å². The largest absolute Gasteiger partial charge is 0.416 e. The van der Waals surface area contributed by atoms with Crippen LogP contribution in [0.3, 0.4) is 0 Å². The standard InChI is InChI=1S/C15H10F6S/c1-8-2-3-13(22)12(4-8)9-5-10(14(16,17)18)7-11(6-9)15(19,20)21/h2-7,22H,1H3. The van der Waals surface area contributed by atoms with Gasteiger partial charge in [-0.2, -0.15) is 26.3 Å². The van der Waals surface area contributed by atoms with Crippen LogP contribution in [0.1, 0.15) is 16.7 Å². The molecule has 0 aliphatic carbocycles. The molecule has 0 saturated carbocycles. The van der Waals surface area contributed by atoms with Gasteiger partial charge in [0.25, 0.3) is 0 Å². The Hall–Kier alpha value is -1.63. The molecule has 0 aliphatic rings. The van der Waals surface area contributed by atoms with Gasteiger partial charge >= 0.3 is 12.4 Å². The second-order valence-electron chi connectivity index (χ2n) is 4.82. The Kier molecular flexibility index (Phi) is 4.21. The summed E-state index contributed by atoms with van der Waals surface area (Å²) in [5.74, 6) is 0. The summed E-state index contributed by atoms with van der Waals surface area (Å²) in [6.07, 6.45) is -9.73. The van der Waals surface area contributed by atoms with Gasteiger partial charge in [-0.25, -0.2) is 0 Å². The Morgan fingerprint density at radius 2 is 1.27 bits per heavy atom. The Balaban J connectivity index is 2.73. The average molecular weight is 336 g/mol. The Bertz CT molecular complexity index is 668. The van der Waals surface area contributed by atoms with E-state index >= 15 is 0 Å². The van der Waals surface area contributed by atoms with Crippen molar-refractivity contribution in [2.45, 2.75) is 24.2 Å². The lowest BCUT2D eigenvalue weighted by atomic mass is 9.98. The highest BCUT2D eigenvalue weighted by atomic mass is 32.1. The normalized spacial score (nSPS) is 12.5. The molecule has 0 unspecified atom stereocenters. The van der Waals surface area contributed by atoms with Crippen molar-refractivity contribution in [2.24, 2.45) is 0 Å². The molecule has 7 heteroatoms. The number of hydrogen-bond donors (Lipinski definition) is 1. The molecule has 2 rings (SSSR count). The second-order valence-corrected chi connectivity index (χ2v) is 5.30. The van der Waals surface area contributed by atoms with Crippen LogP contribution in [0.5, 0.6) is 0 Å². The van der Waals surface area contributed by atoms with Crippen LogP contribution in [0.15, 0.2) is 41.3 Å². The van der Waals surface area contributed by atoms with E-state index in [2.05, 4.69) is 12.6 Å². The highest BCUT2D eigenvalue weighted by Gasteiger charge is 2.37. The van der Waals surface area contributed by atoms with Gasteiger partial charge in [0.05, 0.1) is 11.1 Å². The SMILES string of the molecule is Cc1ccc(S)c(-c2cc(C(F)(F)F)cc(C(F)(F)F)c2)c1. The molecule has 0 aliphatic heterocycles. The van der Waals surface area contributed by atoms with Gasteiger partial charge in [0.2, 0.25) is 0 Å². The van der Waals surface area contributed by atoms with Crippen LogP contribution in [-0.4, -0.2) is 0 Å². The van der Waals surface area contributed by atoms with Gasteiger partial charge in [-0.05, 0) is 42.3 Å². The first kappa shape index (κ1) is 16.7. The smallest absolute Gasteiger partial charge is 0.166 e. The molecule has 118 valence electrons. The fourth-order valence-corrected chi connectivity index (χ4v) is 2.26. The summed E-state index contributed by atoms with van der Waals surface area (Å²) in [7, 11) is 0. The summed E-state index contributed by atoms with van der Waals surface area (Å²) in [4.78, 5) is 0.304. The quantitative estimate of drug-likeness (QED) is 0.480. The molecule has 0 aromatic heterocycles. The Labute approximate surface area is 128 Å². The molecule has 2 aromatic rings. The molecular weight excluding hydrogens is 326 g/mol. The van der Waals surface area contributed by atoms with Gasteiger partial charge in [0.15, 0.2) is 0 Å². The number of thiol groups is 1. The van der Waals surface area contributed by atoms with E-state index in [1.807, 2.05) is 0 Å². The van der Waals surface area contributed by atoms with Gasteiger partial charge < -0.3 is 0 Å². The lowest BCUT2D eigenvalue weighted by Gasteiger charge is -2.15. The van der Waals surface area contributed by atoms with Crippen LogP contribution in [0.25, 0.3) is 11.1 Å². The molecule has 0 amide bonds. The molecule has 0 radical (unpaired) electrons. The van der Waals surface area contributed by atoms with Crippen LogP contribution in [0.4, 0.5) is 26.3 Å². The Morgan fingerprint density at radius 1 is 0.773 bits per heavy atom. The van der Waals surface area contributed by atoms with Crippen LogP contribution in [0, 0.1) is 6.92 Å². The molecule has 0 nitrogen and oxygen atoms in total. The fourth-order valence-electron chi connectivity index (χ4n) is 1.99. The minimum atomic E-state index is -4.86. The third-order valence-electron chi connectivity index (χ3n) is 3.05. The summed E-state index contributed by atoms with van der Waals surface area (Å²) in [5.41, 5.74) is -1.92. The highest BCUT2D eigenvalue weighted by Crippen LogP contribution is 2.39. The number of hydrogen-bond acceptors (Lipinski definition) is 1. The van der Waals surface area contributed by atoms with E-state index in [-0.39, 0.29) is 17.2 Å². The summed E-state index contributed by atoms with van der Waals surface area (Å²) >= 11 is 4.11. The average Bonchev–Trinajstić information content (AvgIpc) is 2.39. The molecule has 0 spiro atoms. The number of rotatable bonds is 1. The molecule has 0 atom stereocenters. The van der Waals surface area contributed by atoms with Gasteiger partial charge in [-0.3, -0.25) is 0 Å². The molecule has 0 saturated heterocycles. The monoisotopic (exact) mass is 336 g/mol. The Morgan fingerprint density at radius 3 is 1.73 bits per heavy atom. The van der Waals surface area contributed by atoms with Gasteiger partial charge in [-0.1, -0.05) is 17.7 Å².